The van der Waals surface area contributed by atoms with Crippen molar-refractivity contribution in [3.63, 3.8) is 0 Å². The highest BCUT2D eigenvalue weighted by molar-refractivity contribution is 5.49. The fourth-order valence-electron chi connectivity index (χ4n) is 2.82. The summed E-state index contributed by atoms with van der Waals surface area (Å²) in [7, 11) is 0. The summed E-state index contributed by atoms with van der Waals surface area (Å²) in [6.45, 7) is 3.80. The normalized spacial score (nSPS) is 17.7. The van der Waals surface area contributed by atoms with Crippen LogP contribution in [0, 0.1) is 5.41 Å². The smallest absolute Gasteiger partial charge is 0.168 e. The molecule has 2 rings (SSSR count). The van der Waals surface area contributed by atoms with Crippen molar-refractivity contribution in [2.75, 3.05) is 25.1 Å². The summed E-state index contributed by atoms with van der Waals surface area (Å²) in [5, 5.41) is 13.1. The minimum Gasteiger partial charge on any atom is -0.490 e. The van der Waals surface area contributed by atoms with Gasteiger partial charge >= 0.3 is 0 Å². The third-order valence-electron chi connectivity index (χ3n) is 4.11. The van der Waals surface area contributed by atoms with Gasteiger partial charge in [-0.1, -0.05) is 26.2 Å². The summed E-state index contributed by atoms with van der Waals surface area (Å²) in [5.41, 5.74) is 0.0117. The first kappa shape index (κ1) is 15.1. The highest BCUT2D eigenvalue weighted by Crippen LogP contribution is 2.36. The zero-order valence-electron chi connectivity index (χ0n) is 12.4. The van der Waals surface area contributed by atoms with Gasteiger partial charge in [-0.3, -0.25) is 0 Å². The molecule has 4 nitrogen and oxygen atoms in total. The zero-order chi connectivity index (χ0) is 14.3. The maximum atomic E-state index is 9.74. The van der Waals surface area contributed by atoms with Crippen LogP contribution in [0.25, 0.3) is 0 Å². The Balaban J connectivity index is 1.98. The first-order valence-corrected chi connectivity index (χ1v) is 7.72. The van der Waals surface area contributed by atoms with Crippen molar-refractivity contribution < 1.29 is 9.84 Å². The number of nitrogens with zero attached hydrogens (tertiary/aromatic N) is 1. The first-order chi connectivity index (χ1) is 9.79. The quantitative estimate of drug-likeness (QED) is 0.804. The molecule has 2 N–H and O–H groups in total. The van der Waals surface area contributed by atoms with Crippen molar-refractivity contribution in [2.45, 2.75) is 45.4 Å². The van der Waals surface area contributed by atoms with Crippen LogP contribution in [0.1, 0.15) is 45.4 Å². The molecule has 0 spiro atoms. The van der Waals surface area contributed by atoms with Crippen LogP contribution in [0.15, 0.2) is 18.3 Å². The maximum Gasteiger partial charge on any atom is 0.168 e. The SMILES string of the molecule is CCCOc1cccnc1NCC1(CO)CCCCC1. The van der Waals surface area contributed by atoms with E-state index in [1.54, 1.807) is 6.20 Å². The number of anilines is 1. The van der Waals surface area contributed by atoms with E-state index in [1.165, 1.54) is 19.3 Å². The van der Waals surface area contributed by atoms with Crippen molar-refractivity contribution in [3.8, 4) is 5.75 Å². The molecule has 0 atom stereocenters. The minimum absolute atomic E-state index is 0.0117. The number of aliphatic hydroxyl groups excluding tert-OH is 1. The predicted octanol–water partition coefficient (Wildman–Crippen LogP) is 3.23. The van der Waals surface area contributed by atoms with E-state index in [0.717, 1.165) is 37.4 Å². The molecule has 0 aromatic carbocycles. The van der Waals surface area contributed by atoms with E-state index in [4.69, 9.17) is 4.74 Å². The van der Waals surface area contributed by atoms with E-state index in [2.05, 4.69) is 17.2 Å². The number of aliphatic hydroxyl groups is 1. The molecule has 0 saturated heterocycles. The van der Waals surface area contributed by atoms with Gasteiger partial charge in [0.2, 0.25) is 0 Å². The molecular formula is C16H26N2O2. The van der Waals surface area contributed by atoms with Gasteiger partial charge in [0, 0.05) is 18.2 Å². The lowest BCUT2D eigenvalue weighted by atomic mass is 9.74. The van der Waals surface area contributed by atoms with Crippen molar-refractivity contribution in [2.24, 2.45) is 5.41 Å². The van der Waals surface area contributed by atoms with Gasteiger partial charge in [-0.25, -0.2) is 4.98 Å². The predicted molar refractivity (Wildman–Crippen MR) is 81.1 cm³/mol. The Hall–Kier alpha value is -1.29. The number of nitrogens with one attached hydrogen (secondary N) is 1. The average Bonchev–Trinajstić information content (AvgIpc) is 2.52. The largest absolute Gasteiger partial charge is 0.490 e. The molecule has 1 aromatic heterocycles. The van der Waals surface area contributed by atoms with E-state index in [0.29, 0.717) is 6.61 Å². The molecule has 1 fully saturated rings. The first-order valence-electron chi connectivity index (χ1n) is 7.72. The Morgan fingerprint density at radius 1 is 1.35 bits per heavy atom. The van der Waals surface area contributed by atoms with E-state index in [-0.39, 0.29) is 12.0 Å². The minimum atomic E-state index is 0.0117. The molecule has 0 bridgehead atoms. The van der Waals surface area contributed by atoms with Crippen molar-refractivity contribution in [1.82, 2.24) is 4.98 Å². The second kappa shape index (κ2) is 7.48. The Morgan fingerprint density at radius 3 is 2.85 bits per heavy atom. The van der Waals surface area contributed by atoms with E-state index in [1.807, 2.05) is 12.1 Å². The molecule has 0 unspecified atom stereocenters. The third kappa shape index (κ3) is 3.85. The Kier molecular flexibility index (Phi) is 5.65. The van der Waals surface area contributed by atoms with Crippen LogP contribution in [0.3, 0.4) is 0 Å². The van der Waals surface area contributed by atoms with Gasteiger partial charge < -0.3 is 15.2 Å². The molecule has 1 aromatic rings. The molecule has 0 aliphatic heterocycles. The van der Waals surface area contributed by atoms with Crippen molar-refractivity contribution in [3.05, 3.63) is 18.3 Å². The topological polar surface area (TPSA) is 54.4 Å². The lowest BCUT2D eigenvalue weighted by Crippen LogP contribution is -2.35. The van der Waals surface area contributed by atoms with Crippen LogP contribution in [-0.2, 0) is 0 Å². The van der Waals surface area contributed by atoms with Crippen LogP contribution < -0.4 is 10.1 Å². The van der Waals surface area contributed by atoms with Gasteiger partial charge in [-0.05, 0) is 31.4 Å². The summed E-state index contributed by atoms with van der Waals surface area (Å²) >= 11 is 0. The second-order valence-corrected chi connectivity index (χ2v) is 5.77. The Labute approximate surface area is 121 Å². The molecule has 4 heteroatoms. The van der Waals surface area contributed by atoms with E-state index < -0.39 is 0 Å². The van der Waals surface area contributed by atoms with Crippen LogP contribution in [0.2, 0.25) is 0 Å². The van der Waals surface area contributed by atoms with Gasteiger partial charge in [-0.2, -0.15) is 0 Å². The molecule has 20 heavy (non-hydrogen) atoms. The van der Waals surface area contributed by atoms with Crippen molar-refractivity contribution in [1.29, 1.82) is 0 Å². The zero-order valence-corrected chi connectivity index (χ0v) is 12.4. The number of ether oxygens (including phenoxy) is 1. The van der Waals surface area contributed by atoms with Crippen LogP contribution in [0.4, 0.5) is 5.82 Å². The molecule has 1 aliphatic rings. The molecule has 0 radical (unpaired) electrons. The lowest BCUT2D eigenvalue weighted by molar-refractivity contribution is 0.0942. The fourth-order valence-corrected chi connectivity index (χ4v) is 2.82. The monoisotopic (exact) mass is 278 g/mol. The number of hydrogen-bond acceptors (Lipinski definition) is 4. The van der Waals surface area contributed by atoms with Gasteiger partial charge in [0.25, 0.3) is 0 Å². The third-order valence-corrected chi connectivity index (χ3v) is 4.11. The Morgan fingerprint density at radius 2 is 2.15 bits per heavy atom. The molecular weight excluding hydrogens is 252 g/mol. The second-order valence-electron chi connectivity index (χ2n) is 5.77. The molecule has 1 aliphatic carbocycles. The van der Waals surface area contributed by atoms with Crippen LogP contribution >= 0.6 is 0 Å². The number of pyridine rings is 1. The van der Waals surface area contributed by atoms with Gasteiger partial charge in [-0.15, -0.1) is 0 Å². The summed E-state index contributed by atoms with van der Waals surface area (Å²) in [5.74, 6) is 1.59. The molecule has 1 heterocycles. The van der Waals surface area contributed by atoms with E-state index in [9.17, 15) is 5.11 Å². The van der Waals surface area contributed by atoms with Gasteiger partial charge in [0.05, 0.1) is 13.2 Å². The summed E-state index contributed by atoms with van der Waals surface area (Å²) in [4.78, 5) is 4.36. The van der Waals surface area contributed by atoms with Crippen LogP contribution in [-0.4, -0.2) is 29.8 Å². The standard InChI is InChI=1S/C16H26N2O2/c1-2-11-20-14-7-6-10-17-15(14)18-12-16(13-19)8-4-3-5-9-16/h6-7,10,19H,2-5,8-9,11-13H2,1H3,(H,17,18). The molecule has 1 saturated carbocycles. The number of aromatic nitrogens is 1. The van der Waals surface area contributed by atoms with Gasteiger partial charge in [0.15, 0.2) is 11.6 Å². The van der Waals surface area contributed by atoms with E-state index >= 15 is 0 Å². The maximum absolute atomic E-state index is 9.74. The average molecular weight is 278 g/mol. The fraction of sp³-hybridized carbons (Fsp3) is 0.688. The highest BCUT2D eigenvalue weighted by Gasteiger charge is 2.31. The Bertz CT molecular complexity index is 403. The summed E-state index contributed by atoms with van der Waals surface area (Å²) < 4.78 is 5.71. The number of hydrogen-bond donors (Lipinski definition) is 2. The molecule has 112 valence electrons. The highest BCUT2D eigenvalue weighted by atomic mass is 16.5. The van der Waals surface area contributed by atoms with Crippen molar-refractivity contribution >= 4 is 5.82 Å². The molecule has 0 amide bonds. The van der Waals surface area contributed by atoms with Crippen LogP contribution in [0.5, 0.6) is 5.75 Å². The lowest BCUT2D eigenvalue weighted by Gasteiger charge is -2.35. The summed E-state index contributed by atoms with van der Waals surface area (Å²) in [6, 6.07) is 3.83. The number of rotatable bonds is 7. The summed E-state index contributed by atoms with van der Waals surface area (Å²) in [6.07, 6.45) is 8.65. The van der Waals surface area contributed by atoms with Gasteiger partial charge in [0.1, 0.15) is 0 Å².